The van der Waals surface area contributed by atoms with Crippen LogP contribution in [-0.4, -0.2) is 0 Å². The Morgan fingerprint density at radius 2 is 1.94 bits per heavy atom. The number of thiophene rings is 1. The molecule has 1 aromatic heterocycles. The van der Waals surface area contributed by atoms with Gasteiger partial charge in [-0.2, -0.15) is 0 Å². The Morgan fingerprint density at radius 1 is 1.31 bits per heavy atom. The van der Waals surface area contributed by atoms with Crippen molar-refractivity contribution in [3.8, 4) is 0 Å². The number of halogens is 2. The fourth-order valence-corrected chi connectivity index (χ4v) is 3.04. The van der Waals surface area contributed by atoms with Crippen LogP contribution in [0.25, 0.3) is 10.1 Å². The molecule has 0 bridgehead atoms. The Hall–Kier alpha value is -0.800. The van der Waals surface area contributed by atoms with Crippen molar-refractivity contribution in [3.63, 3.8) is 0 Å². The zero-order valence-electron chi connectivity index (χ0n) is 9.40. The molecule has 1 nitrogen and oxygen atoms in total. The fraction of sp³-hybridized carbons (Fsp3) is 0.333. The molecule has 0 spiro atoms. The van der Waals surface area contributed by atoms with Crippen molar-refractivity contribution in [1.82, 2.24) is 0 Å². The van der Waals surface area contributed by atoms with Gasteiger partial charge in [0, 0.05) is 5.39 Å². The molecule has 0 aliphatic heterocycles. The van der Waals surface area contributed by atoms with Crippen molar-refractivity contribution < 1.29 is 4.39 Å². The monoisotopic (exact) mass is 257 g/mol. The van der Waals surface area contributed by atoms with E-state index in [0.29, 0.717) is 14.7 Å². The molecule has 16 heavy (non-hydrogen) atoms. The van der Waals surface area contributed by atoms with Crippen molar-refractivity contribution in [3.05, 3.63) is 28.5 Å². The standard InChI is InChI=1S/C12H13ClFNS/c1-12(2,3)6-4-5-7(14)10-8(6)9(13)11(15)16-10/h4-5H,15H2,1-3H3. The minimum atomic E-state index is -0.258. The molecular formula is C12H13ClFNS. The second-order valence-electron chi connectivity index (χ2n) is 4.83. The summed E-state index contributed by atoms with van der Waals surface area (Å²) in [5, 5.41) is 1.72. The highest BCUT2D eigenvalue weighted by molar-refractivity contribution is 7.23. The van der Waals surface area contributed by atoms with Gasteiger partial charge in [0.05, 0.1) is 9.72 Å². The highest BCUT2D eigenvalue weighted by Gasteiger charge is 2.22. The van der Waals surface area contributed by atoms with Gasteiger partial charge in [-0.1, -0.05) is 38.4 Å². The van der Waals surface area contributed by atoms with Gasteiger partial charge >= 0.3 is 0 Å². The third-order valence-electron chi connectivity index (χ3n) is 2.57. The van der Waals surface area contributed by atoms with Crippen molar-refractivity contribution in [2.45, 2.75) is 26.2 Å². The summed E-state index contributed by atoms with van der Waals surface area (Å²) in [6.07, 6.45) is 0. The summed E-state index contributed by atoms with van der Waals surface area (Å²) in [7, 11) is 0. The van der Waals surface area contributed by atoms with Crippen LogP contribution in [0.3, 0.4) is 0 Å². The number of fused-ring (bicyclic) bond motifs is 1. The van der Waals surface area contributed by atoms with Crippen molar-refractivity contribution in [2.24, 2.45) is 0 Å². The molecule has 0 unspecified atom stereocenters. The van der Waals surface area contributed by atoms with E-state index < -0.39 is 0 Å². The SMILES string of the molecule is CC(C)(C)c1ccc(F)c2sc(N)c(Cl)c12. The molecule has 0 radical (unpaired) electrons. The lowest BCUT2D eigenvalue weighted by atomic mass is 9.85. The molecule has 1 aromatic carbocycles. The normalized spacial score (nSPS) is 12.3. The van der Waals surface area contributed by atoms with Gasteiger partial charge in [0.2, 0.25) is 0 Å². The van der Waals surface area contributed by atoms with Crippen LogP contribution in [0.1, 0.15) is 26.3 Å². The number of nitrogens with two attached hydrogens (primary N) is 1. The molecule has 0 saturated carbocycles. The number of rotatable bonds is 0. The van der Waals surface area contributed by atoms with Crippen LogP contribution in [0.5, 0.6) is 0 Å². The smallest absolute Gasteiger partial charge is 0.141 e. The molecule has 0 fully saturated rings. The van der Waals surface area contributed by atoms with Gasteiger partial charge in [-0.3, -0.25) is 0 Å². The first-order chi connectivity index (χ1) is 7.32. The van der Waals surface area contributed by atoms with Crippen LogP contribution in [0.4, 0.5) is 9.39 Å². The molecule has 0 aliphatic carbocycles. The molecule has 4 heteroatoms. The molecule has 2 rings (SSSR count). The Morgan fingerprint density at radius 3 is 2.50 bits per heavy atom. The summed E-state index contributed by atoms with van der Waals surface area (Å²) in [6.45, 7) is 6.22. The topological polar surface area (TPSA) is 26.0 Å². The van der Waals surface area contributed by atoms with Gasteiger partial charge in [0.25, 0.3) is 0 Å². The minimum Gasteiger partial charge on any atom is -0.389 e. The molecule has 2 N–H and O–H groups in total. The summed E-state index contributed by atoms with van der Waals surface area (Å²) in [5.41, 5.74) is 6.70. The van der Waals surface area contributed by atoms with Crippen molar-refractivity contribution in [2.75, 3.05) is 5.73 Å². The van der Waals surface area contributed by atoms with Gasteiger partial charge < -0.3 is 5.73 Å². The number of anilines is 1. The first-order valence-corrected chi connectivity index (χ1v) is 6.18. The molecule has 1 heterocycles. The maximum Gasteiger partial charge on any atom is 0.141 e. The zero-order valence-corrected chi connectivity index (χ0v) is 11.0. The third-order valence-corrected chi connectivity index (χ3v) is 4.10. The predicted molar refractivity (Wildman–Crippen MR) is 69.9 cm³/mol. The Kier molecular flexibility index (Phi) is 2.63. The van der Waals surface area contributed by atoms with Crippen LogP contribution in [-0.2, 0) is 5.41 Å². The third kappa shape index (κ3) is 1.68. The van der Waals surface area contributed by atoms with Crippen LogP contribution in [0.2, 0.25) is 5.02 Å². The summed E-state index contributed by atoms with van der Waals surface area (Å²) < 4.78 is 14.2. The lowest BCUT2D eigenvalue weighted by molar-refractivity contribution is 0.592. The Balaban J connectivity index is 2.92. The average Bonchev–Trinajstić information content (AvgIpc) is 2.44. The summed E-state index contributed by atoms with van der Waals surface area (Å²) in [4.78, 5) is 0. The zero-order chi connectivity index (χ0) is 12.1. The lowest BCUT2D eigenvalue weighted by Crippen LogP contribution is -2.11. The number of hydrogen-bond acceptors (Lipinski definition) is 2. The maximum absolute atomic E-state index is 13.6. The predicted octanol–water partition coefficient (Wildman–Crippen LogP) is 4.57. The lowest BCUT2D eigenvalue weighted by Gasteiger charge is -2.20. The van der Waals surface area contributed by atoms with Gasteiger partial charge in [-0.25, -0.2) is 4.39 Å². The Labute approximate surface area is 103 Å². The first kappa shape index (κ1) is 11.7. The van der Waals surface area contributed by atoms with Crippen molar-refractivity contribution in [1.29, 1.82) is 0 Å². The van der Waals surface area contributed by atoms with Crippen LogP contribution in [0, 0.1) is 5.82 Å². The molecule has 0 aliphatic rings. The van der Waals surface area contributed by atoms with Crippen LogP contribution in [0.15, 0.2) is 12.1 Å². The van der Waals surface area contributed by atoms with E-state index in [1.54, 1.807) is 6.07 Å². The van der Waals surface area contributed by atoms with Gasteiger partial charge in [0.1, 0.15) is 10.8 Å². The highest BCUT2D eigenvalue weighted by Crippen LogP contribution is 2.43. The van der Waals surface area contributed by atoms with Crippen LogP contribution < -0.4 is 5.73 Å². The highest BCUT2D eigenvalue weighted by atomic mass is 35.5. The molecule has 2 aromatic rings. The molecule has 0 saturated heterocycles. The first-order valence-electron chi connectivity index (χ1n) is 4.99. The van der Waals surface area contributed by atoms with E-state index in [4.69, 9.17) is 17.3 Å². The van der Waals surface area contributed by atoms with E-state index in [9.17, 15) is 4.39 Å². The van der Waals surface area contributed by atoms with E-state index in [2.05, 4.69) is 20.8 Å². The summed E-state index contributed by atoms with van der Waals surface area (Å²) >= 11 is 7.35. The molecule has 0 atom stereocenters. The average molecular weight is 258 g/mol. The van der Waals surface area contributed by atoms with Gasteiger partial charge in [-0.05, 0) is 17.0 Å². The second-order valence-corrected chi connectivity index (χ2v) is 6.26. The molecule has 0 amide bonds. The van der Waals surface area contributed by atoms with Crippen LogP contribution >= 0.6 is 22.9 Å². The Bertz CT molecular complexity index is 554. The molecular weight excluding hydrogens is 245 g/mol. The number of hydrogen-bond donors (Lipinski definition) is 1. The molecule has 86 valence electrons. The van der Waals surface area contributed by atoms with E-state index in [1.807, 2.05) is 0 Å². The van der Waals surface area contributed by atoms with E-state index in [0.717, 1.165) is 10.9 Å². The fourth-order valence-electron chi connectivity index (χ4n) is 1.78. The van der Waals surface area contributed by atoms with Gasteiger partial charge in [-0.15, -0.1) is 11.3 Å². The number of nitrogen functional groups attached to an aromatic ring is 1. The largest absolute Gasteiger partial charge is 0.389 e. The maximum atomic E-state index is 13.6. The van der Waals surface area contributed by atoms with E-state index in [-0.39, 0.29) is 11.2 Å². The van der Waals surface area contributed by atoms with Gasteiger partial charge in [0.15, 0.2) is 0 Å². The number of benzene rings is 1. The summed E-state index contributed by atoms with van der Waals surface area (Å²) in [6, 6.07) is 3.27. The summed E-state index contributed by atoms with van der Waals surface area (Å²) in [5.74, 6) is -0.258. The quantitative estimate of drug-likeness (QED) is 0.735. The minimum absolute atomic E-state index is 0.0803. The second kappa shape index (κ2) is 3.60. The van der Waals surface area contributed by atoms with E-state index >= 15 is 0 Å². The van der Waals surface area contributed by atoms with Crippen molar-refractivity contribution >= 4 is 38.0 Å². The van der Waals surface area contributed by atoms with E-state index in [1.165, 1.54) is 17.4 Å².